The fraction of sp³-hybridized carbons (Fsp3) is 0.0149. The van der Waals surface area contributed by atoms with Crippen LogP contribution in [0.4, 0.5) is 68.2 Å². The minimum absolute atomic E-state index is 0.611. The van der Waals surface area contributed by atoms with Gasteiger partial charge in [0.2, 0.25) is 0 Å². The van der Waals surface area contributed by atoms with Gasteiger partial charge in [0.15, 0.2) is 0 Å². The normalized spacial score (nSPS) is 12.9. The van der Waals surface area contributed by atoms with Crippen molar-refractivity contribution in [2.75, 3.05) is 19.6 Å². The zero-order valence-electron chi connectivity index (χ0n) is 76.4. The van der Waals surface area contributed by atoms with Gasteiger partial charge in [0, 0.05) is 66.4 Å². The largest absolute Gasteiger partial charge is 0.456 e. The van der Waals surface area contributed by atoms with Gasteiger partial charge in [-0.2, -0.15) is 0 Å². The van der Waals surface area contributed by atoms with Crippen LogP contribution in [0.5, 0.6) is 0 Å². The number of hydrogen-bond acceptors (Lipinski definition) is 6. The van der Waals surface area contributed by atoms with Crippen LogP contribution in [0.1, 0.15) is 44.5 Å². The van der Waals surface area contributed by atoms with Crippen LogP contribution in [-0.4, -0.2) is 0 Å². The summed E-state index contributed by atoms with van der Waals surface area (Å²) in [5.74, 6) is 0. The Hall–Kier alpha value is -18.4. The van der Waals surface area contributed by atoms with Gasteiger partial charge in [0.1, 0.15) is 22.3 Å². The summed E-state index contributed by atoms with van der Waals surface area (Å²) < 4.78 is 12.7. The van der Waals surface area contributed by atoms with E-state index in [1.165, 1.54) is 112 Å². The van der Waals surface area contributed by atoms with Crippen molar-refractivity contribution in [3.63, 3.8) is 0 Å². The highest BCUT2D eigenvalue weighted by molar-refractivity contribution is 6.11. The van der Waals surface area contributed by atoms with Crippen molar-refractivity contribution in [3.05, 3.63) is 578 Å². The van der Waals surface area contributed by atoms with Crippen LogP contribution >= 0.6 is 0 Å². The first-order valence-electron chi connectivity index (χ1n) is 48.2. The van der Waals surface area contributed by atoms with E-state index in [4.69, 9.17) is 8.83 Å². The van der Waals surface area contributed by atoms with Crippen LogP contribution in [0.3, 0.4) is 0 Å². The van der Waals surface area contributed by atoms with Gasteiger partial charge in [-0.1, -0.05) is 394 Å². The highest BCUT2D eigenvalue weighted by Crippen LogP contribution is 2.69. The molecule has 4 aliphatic rings. The van der Waals surface area contributed by atoms with E-state index in [2.05, 4.69) is 535 Å². The van der Waals surface area contributed by atoms with E-state index >= 15 is 0 Å². The first kappa shape index (κ1) is 81.2. The number of fused-ring (bicyclic) bond motifs is 24. The lowest BCUT2D eigenvalue weighted by Gasteiger charge is -2.45. The predicted molar refractivity (Wildman–Crippen MR) is 581 cm³/mol. The third-order valence-electron chi connectivity index (χ3n) is 29.3. The molecule has 6 nitrogen and oxygen atoms in total. The standard InChI is InChI=1S/2C67H44N2O/c1-3-21-45(22-4-1)46-23-19-24-47(43-46)50-27-8-14-35-59(50)69(60-36-15-9-28-51(60)48-41-42-65-54(44-48)52-29-10-18-40-64(52)70-65)63-39-20-34-58-66(63)53-30-7-11-31-55(53)67(58)56-32-12-16-37-61(56)68(49-25-5-2-6-26-49)62-38-17-13-33-57(62)67;1-3-20-45(21-4-1)46-22-17-24-49(42-46)52-28-8-13-35-60(52)69(51-27-18-23-47(43-51)48-40-41-65-55(44-48)53-29-9-16-39-64(53)70-65)63-38-19-34-59-66(63)54-30-7-10-31-56(54)67(59)57-32-11-14-36-61(57)68(50-25-5-2-6-26-50)62-37-15-12-33-58(62)67/h2*1-44H. The van der Waals surface area contributed by atoms with Crippen molar-refractivity contribution in [2.45, 2.75) is 10.8 Å². The number of rotatable bonds is 14. The Balaban J connectivity index is 0.000000141. The summed E-state index contributed by atoms with van der Waals surface area (Å²) in [4.78, 5) is 9.96. The maximum absolute atomic E-state index is 6.37. The second-order valence-electron chi connectivity index (χ2n) is 36.7. The number of benzene rings is 22. The van der Waals surface area contributed by atoms with Gasteiger partial charge in [-0.25, -0.2) is 0 Å². The second kappa shape index (κ2) is 33.3. The first-order valence-corrected chi connectivity index (χ1v) is 48.2. The van der Waals surface area contributed by atoms with E-state index in [0.29, 0.717) is 0 Å². The Morgan fingerprint density at radius 2 is 0.443 bits per heavy atom. The molecular formula is C134H88N4O2. The monoisotopic (exact) mass is 1780 g/mol. The molecule has 140 heavy (non-hydrogen) atoms. The molecule has 0 atom stereocenters. The number of anilines is 12. The first-order chi connectivity index (χ1) is 69.5. The second-order valence-corrected chi connectivity index (χ2v) is 36.7. The lowest BCUT2D eigenvalue weighted by atomic mass is 9.64. The van der Waals surface area contributed by atoms with E-state index in [0.717, 1.165) is 134 Å². The van der Waals surface area contributed by atoms with Crippen LogP contribution in [-0.2, 0) is 10.8 Å². The number of furan rings is 2. The van der Waals surface area contributed by atoms with Crippen molar-refractivity contribution in [1.82, 2.24) is 0 Å². The summed E-state index contributed by atoms with van der Waals surface area (Å²) in [6.45, 7) is 0. The molecule has 28 rings (SSSR count). The van der Waals surface area contributed by atoms with Gasteiger partial charge >= 0.3 is 0 Å². The molecule has 0 radical (unpaired) electrons. The van der Waals surface area contributed by atoms with E-state index in [-0.39, 0.29) is 0 Å². The zero-order valence-corrected chi connectivity index (χ0v) is 76.4. The highest BCUT2D eigenvalue weighted by atomic mass is 16.3. The third kappa shape index (κ3) is 12.8. The van der Waals surface area contributed by atoms with Crippen molar-refractivity contribution >= 4 is 112 Å². The topological polar surface area (TPSA) is 39.2 Å². The molecule has 0 fully saturated rings. The predicted octanol–water partition coefficient (Wildman–Crippen LogP) is 36.4. The summed E-state index contributed by atoms with van der Waals surface area (Å²) in [5.41, 5.74) is 44.6. The van der Waals surface area contributed by atoms with Gasteiger partial charge in [-0.15, -0.1) is 0 Å². The van der Waals surface area contributed by atoms with E-state index < -0.39 is 10.8 Å². The molecule has 0 unspecified atom stereocenters. The van der Waals surface area contributed by atoms with Gasteiger partial charge in [-0.05, 0) is 245 Å². The molecule has 0 N–H and O–H groups in total. The molecule has 2 aliphatic heterocycles. The number of hydrogen-bond donors (Lipinski definition) is 0. The van der Waals surface area contributed by atoms with Crippen LogP contribution in [0.25, 0.3) is 133 Å². The Kier molecular flexibility index (Phi) is 19.3. The molecular weight excluding hydrogens is 1700 g/mol. The molecule has 2 aromatic heterocycles. The minimum atomic E-state index is -0.623. The Bertz CT molecular complexity index is 8910. The van der Waals surface area contributed by atoms with Gasteiger partial charge < -0.3 is 28.4 Å². The molecule has 2 aliphatic carbocycles. The average Bonchev–Trinajstić information content (AvgIpc) is 1.48. The summed E-state index contributed by atoms with van der Waals surface area (Å²) in [5, 5.41) is 4.44. The van der Waals surface area contributed by atoms with Crippen molar-refractivity contribution in [1.29, 1.82) is 0 Å². The molecule has 6 heteroatoms. The summed E-state index contributed by atoms with van der Waals surface area (Å²) >= 11 is 0. The Morgan fingerprint density at radius 1 is 0.164 bits per heavy atom. The number of nitrogens with zero attached hydrogens (tertiary/aromatic N) is 4. The minimum Gasteiger partial charge on any atom is -0.456 e. The van der Waals surface area contributed by atoms with Crippen molar-refractivity contribution < 1.29 is 8.83 Å². The molecule has 656 valence electrons. The number of para-hydroxylation sites is 11. The zero-order chi connectivity index (χ0) is 92.4. The SMILES string of the molecule is c1ccc(-c2cccc(-c3ccccc3N(c3cccc(-c4ccc5oc6ccccc6c5c4)c3)c3cccc4c3-c3ccccc3C43c4ccccc4N(c4ccccc4)c4ccccc43)c2)cc1.c1ccc(-c2cccc(-c3ccccc3N(c3ccccc3-c3ccc4oc5ccccc5c4c3)c3cccc4c3-c3ccccc3C43c4ccccc4N(c4ccccc4)c4ccccc43)c2)cc1. The van der Waals surface area contributed by atoms with Crippen LogP contribution in [0.2, 0.25) is 0 Å². The molecule has 0 bridgehead atoms. The lowest BCUT2D eigenvalue weighted by Crippen LogP contribution is -2.36. The Morgan fingerprint density at radius 3 is 0.886 bits per heavy atom. The molecule has 22 aromatic carbocycles. The van der Waals surface area contributed by atoms with Crippen LogP contribution < -0.4 is 19.6 Å². The van der Waals surface area contributed by atoms with Crippen LogP contribution in [0, 0.1) is 0 Å². The van der Waals surface area contributed by atoms with Gasteiger partial charge in [-0.3, -0.25) is 0 Å². The molecule has 0 amide bonds. The van der Waals surface area contributed by atoms with E-state index in [1.54, 1.807) is 0 Å². The third-order valence-corrected chi connectivity index (χ3v) is 29.3. The highest BCUT2D eigenvalue weighted by Gasteiger charge is 2.55. The fourth-order valence-corrected chi connectivity index (χ4v) is 23.5. The molecule has 2 spiro atoms. The maximum Gasteiger partial charge on any atom is 0.135 e. The lowest BCUT2D eigenvalue weighted by molar-refractivity contribution is 0.668. The smallest absolute Gasteiger partial charge is 0.135 e. The van der Waals surface area contributed by atoms with Gasteiger partial charge in [0.05, 0.1) is 62.0 Å². The van der Waals surface area contributed by atoms with Gasteiger partial charge in [0.25, 0.3) is 0 Å². The quantitative estimate of drug-likeness (QED) is 0.108. The average molecular weight is 1790 g/mol. The van der Waals surface area contributed by atoms with E-state index in [9.17, 15) is 0 Å². The fourth-order valence-electron chi connectivity index (χ4n) is 23.5. The van der Waals surface area contributed by atoms with Crippen LogP contribution in [0.15, 0.2) is 543 Å². The molecule has 4 heterocycles. The van der Waals surface area contributed by atoms with Crippen molar-refractivity contribution in [3.8, 4) is 89.0 Å². The van der Waals surface area contributed by atoms with Crippen molar-refractivity contribution in [2.24, 2.45) is 0 Å². The summed E-state index contributed by atoms with van der Waals surface area (Å²) in [6.07, 6.45) is 0. The van der Waals surface area contributed by atoms with E-state index in [1.807, 2.05) is 18.2 Å². The molecule has 24 aromatic rings. The molecule has 0 saturated heterocycles. The maximum atomic E-state index is 6.37. The Labute approximate surface area is 813 Å². The molecule has 0 saturated carbocycles. The summed E-state index contributed by atoms with van der Waals surface area (Å²) in [7, 11) is 0. The summed E-state index contributed by atoms with van der Waals surface area (Å²) in [6, 6.07) is 195.